The quantitative estimate of drug-likeness (QED) is 0.712. The van der Waals surface area contributed by atoms with Gasteiger partial charge in [-0.2, -0.15) is 0 Å². The summed E-state index contributed by atoms with van der Waals surface area (Å²) in [6, 6.07) is 0. The van der Waals surface area contributed by atoms with Gasteiger partial charge < -0.3 is 5.11 Å². The lowest BCUT2D eigenvalue weighted by molar-refractivity contribution is -0.107. The minimum atomic E-state index is -0.612. The second kappa shape index (κ2) is 3.65. The van der Waals surface area contributed by atoms with Gasteiger partial charge in [0.05, 0.1) is 4.75 Å². The van der Waals surface area contributed by atoms with Gasteiger partial charge in [-0.25, -0.2) is 0 Å². The van der Waals surface area contributed by atoms with E-state index in [0.29, 0.717) is 5.57 Å². The average molecular weight is 210 g/mol. The van der Waals surface area contributed by atoms with Gasteiger partial charge in [-0.05, 0) is 20.8 Å². The SMILES string of the molecule is C=CC(C)=CC1(C)SC(=O)C(C)=C1O. The van der Waals surface area contributed by atoms with Crippen LogP contribution < -0.4 is 0 Å². The van der Waals surface area contributed by atoms with Gasteiger partial charge in [0.15, 0.2) is 0 Å². The van der Waals surface area contributed by atoms with Crippen LogP contribution in [0.1, 0.15) is 20.8 Å². The van der Waals surface area contributed by atoms with E-state index in [-0.39, 0.29) is 10.9 Å². The van der Waals surface area contributed by atoms with E-state index in [4.69, 9.17) is 0 Å². The first-order valence-electron chi connectivity index (χ1n) is 4.36. The van der Waals surface area contributed by atoms with Crippen LogP contribution in [0.2, 0.25) is 0 Å². The number of rotatable bonds is 2. The zero-order chi connectivity index (χ0) is 10.9. The van der Waals surface area contributed by atoms with Crippen molar-refractivity contribution in [3.05, 3.63) is 35.6 Å². The molecule has 0 fully saturated rings. The molecule has 0 bridgehead atoms. The Morgan fingerprint density at radius 1 is 1.64 bits per heavy atom. The summed E-state index contributed by atoms with van der Waals surface area (Å²) in [5.74, 6) is 0.161. The fraction of sp³-hybridized carbons (Fsp3) is 0.364. The van der Waals surface area contributed by atoms with Gasteiger partial charge in [0.2, 0.25) is 5.12 Å². The largest absolute Gasteiger partial charge is 0.510 e. The van der Waals surface area contributed by atoms with E-state index < -0.39 is 4.75 Å². The molecule has 76 valence electrons. The van der Waals surface area contributed by atoms with E-state index in [1.165, 1.54) is 0 Å². The van der Waals surface area contributed by atoms with E-state index in [0.717, 1.165) is 17.3 Å². The molecule has 1 heterocycles. The summed E-state index contributed by atoms with van der Waals surface area (Å²) in [4.78, 5) is 11.4. The Labute approximate surface area is 88.4 Å². The van der Waals surface area contributed by atoms with E-state index >= 15 is 0 Å². The molecule has 1 atom stereocenters. The van der Waals surface area contributed by atoms with Crippen LogP contribution in [-0.4, -0.2) is 15.0 Å². The van der Waals surface area contributed by atoms with Gasteiger partial charge in [-0.3, -0.25) is 4.79 Å². The fourth-order valence-electron chi connectivity index (χ4n) is 1.38. The van der Waals surface area contributed by atoms with Crippen LogP contribution in [-0.2, 0) is 4.79 Å². The van der Waals surface area contributed by atoms with Crippen molar-refractivity contribution in [3.63, 3.8) is 0 Å². The number of aliphatic hydroxyl groups excluding tert-OH is 1. The van der Waals surface area contributed by atoms with Crippen molar-refractivity contribution in [1.29, 1.82) is 0 Å². The van der Waals surface area contributed by atoms with Crippen LogP contribution in [0.25, 0.3) is 0 Å². The summed E-state index contributed by atoms with van der Waals surface area (Å²) in [6.07, 6.45) is 3.56. The Balaban J connectivity index is 3.12. The van der Waals surface area contributed by atoms with E-state index in [1.54, 1.807) is 13.0 Å². The van der Waals surface area contributed by atoms with Gasteiger partial charge in [-0.15, -0.1) is 0 Å². The number of hydrogen-bond donors (Lipinski definition) is 1. The van der Waals surface area contributed by atoms with Crippen molar-refractivity contribution in [2.75, 3.05) is 0 Å². The molecule has 2 nitrogen and oxygen atoms in total. The van der Waals surface area contributed by atoms with Crippen LogP contribution in [0, 0.1) is 0 Å². The molecule has 1 N–H and O–H groups in total. The second-order valence-corrected chi connectivity index (χ2v) is 4.99. The monoisotopic (exact) mass is 210 g/mol. The standard InChI is InChI=1S/C11H14O2S/c1-5-7(2)6-11(4)9(12)8(3)10(13)14-11/h5-6,12H,1H2,2-4H3. The Bertz CT molecular complexity index is 352. The highest BCUT2D eigenvalue weighted by atomic mass is 32.2. The van der Waals surface area contributed by atoms with Crippen molar-refractivity contribution >= 4 is 16.9 Å². The third-order valence-electron chi connectivity index (χ3n) is 2.26. The predicted molar refractivity (Wildman–Crippen MR) is 60.3 cm³/mol. The Kier molecular flexibility index (Phi) is 2.90. The highest BCUT2D eigenvalue weighted by Crippen LogP contribution is 2.43. The van der Waals surface area contributed by atoms with Crippen molar-refractivity contribution in [1.82, 2.24) is 0 Å². The number of carbonyl (C=O) groups is 1. The zero-order valence-corrected chi connectivity index (χ0v) is 9.44. The third kappa shape index (κ3) is 1.77. The van der Waals surface area contributed by atoms with Crippen molar-refractivity contribution in [2.24, 2.45) is 0 Å². The normalized spacial score (nSPS) is 28.5. The molecule has 3 heteroatoms. The molecule has 0 spiro atoms. The molecule has 1 aliphatic heterocycles. The lowest BCUT2D eigenvalue weighted by Crippen LogP contribution is -2.17. The summed E-state index contributed by atoms with van der Waals surface area (Å²) >= 11 is 1.14. The van der Waals surface area contributed by atoms with Crippen molar-refractivity contribution in [2.45, 2.75) is 25.5 Å². The molecule has 1 aliphatic rings. The summed E-state index contributed by atoms with van der Waals surface area (Å²) in [7, 11) is 0. The molecule has 0 saturated heterocycles. The molecule has 0 aromatic heterocycles. The van der Waals surface area contributed by atoms with E-state index in [2.05, 4.69) is 6.58 Å². The Hall–Kier alpha value is -0.960. The number of hydrogen-bond acceptors (Lipinski definition) is 3. The van der Waals surface area contributed by atoms with Crippen LogP contribution >= 0.6 is 11.8 Å². The Morgan fingerprint density at radius 3 is 2.57 bits per heavy atom. The topological polar surface area (TPSA) is 37.3 Å². The van der Waals surface area contributed by atoms with Crippen LogP contribution in [0.15, 0.2) is 35.6 Å². The van der Waals surface area contributed by atoms with Gasteiger partial charge in [0, 0.05) is 5.57 Å². The highest BCUT2D eigenvalue weighted by molar-refractivity contribution is 8.16. The number of thioether (sulfide) groups is 1. The summed E-state index contributed by atoms with van der Waals surface area (Å²) in [6.45, 7) is 9.00. The maximum atomic E-state index is 11.4. The highest BCUT2D eigenvalue weighted by Gasteiger charge is 2.39. The molecule has 1 rings (SSSR count). The molecule has 14 heavy (non-hydrogen) atoms. The van der Waals surface area contributed by atoms with Gasteiger partial charge >= 0.3 is 0 Å². The minimum Gasteiger partial charge on any atom is -0.510 e. The van der Waals surface area contributed by atoms with Gasteiger partial charge in [-0.1, -0.05) is 36.1 Å². The predicted octanol–water partition coefficient (Wildman–Crippen LogP) is 2.98. The van der Waals surface area contributed by atoms with Crippen molar-refractivity contribution < 1.29 is 9.90 Å². The summed E-state index contributed by atoms with van der Waals surface area (Å²) < 4.78 is -0.612. The number of carbonyl (C=O) groups excluding carboxylic acids is 1. The van der Waals surface area contributed by atoms with Gasteiger partial charge in [0.1, 0.15) is 5.76 Å². The molecular weight excluding hydrogens is 196 g/mol. The van der Waals surface area contributed by atoms with Crippen LogP contribution in [0.4, 0.5) is 0 Å². The molecule has 0 aliphatic carbocycles. The minimum absolute atomic E-state index is 0.0573. The molecule has 1 unspecified atom stereocenters. The average Bonchev–Trinajstić information content (AvgIpc) is 2.30. The molecule has 0 aromatic carbocycles. The maximum Gasteiger partial charge on any atom is 0.219 e. The van der Waals surface area contributed by atoms with Crippen LogP contribution in [0.3, 0.4) is 0 Å². The first-order valence-corrected chi connectivity index (χ1v) is 5.18. The lowest BCUT2D eigenvalue weighted by atomic mass is 10.0. The lowest BCUT2D eigenvalue weighted by Gasteiger charge is -2.18. The Morgan fingerprint density at radius 2 is 2.21 bits per heavy atom. The third-order valence-corrected chi connectivity index (χ3v) is 3.49. The first-order chi connectivity index (χ1) is 6.40. The number of aliphatic hydroxyl groups is 1. The summed E-state index contributed by atoms with van der Waals surface area (Å²) in [5, 5.41) is 9.73. The maximum absolute atomic E-state index is 11.4. The van der Waals surface area contributed by atoms with Crippen molar-refractivity contribution in [3.8, 4) is 0 Å². The smallest absolute Gasteiger partial charge is 0.219 e. The number of allylic oxidation sites excluding steroid dienone is 2. The molecule has 0 amide bonds. The first kappa shape index (κ1) is 11.1. The molecule has 0 saturated carbocycles. The van der Waals surface area contributed by atoms with Crippen LogP contribution in [0.5, 0.6) is 0 Å². The molecular formula is C11H14O2S. The molecule has 0 radical (unpaired) electrons. The molecule has 0 aromatic rings. The van der Waals surface area contributed by atoms with Gasteiger partial charge in [0.25, 0.3) is 0 Å². The zero-order valence-electron chi connectivity index (χ0n) is 8.63. The summed E-state index contributed by atoms with van der Waals surface area (Å²) in [5.41, 5.74) is 1.40. The fourth-order valence-corrected chi connectivity index (χ4v) is 2.51. The van der Waals surface area contributed by atoms with E-state index in [9.17, 15) is 9.90 Å². The second-order valence-electron chi connectivity index (χ2n) is 3.56. The van der Waals surface area contributed by atoms with E-state index in [1.807, 2.05) is 19.9 Å².